The fourth-order valence-corrected chi connectivity index (χ4v) is 3.64. The fourth-order valence-electron chi connectivity index (χ4n) is 1.93. The summed E-state index contributed by atoms with van der Waals surface area (Å²) >= 11 is 10.8. The van der Waals surface area contributed by atoms with Crippen molar-refractivity contribution in [2.75, 3.05) is 20.7 Å². The second-order valence-electron chi connectivity index (χ2n) is 4.65. The monoisotopic (exact) mass is 387 g/mol. The Balaban J connectivity index is 1.98. The smallest absolute Gasteiger partial charge is 0.176 e. The minimum absolute atomic E-state index is 0.0727. The molecule has 6 heteroatoms. The number of nitrogens with zero attached hydrogens (tertiary/aromatic N) is 1. The highest BCUT2D eigenvalue weighted by molar-refractivity contribution is 9.10. The molecular formula is C15H15BrClNO2S. The first-order valence-electron chi connectivity index (χ1n) is 6.29. The maximum atomic E-state index is 12.3. The molecule has 21 heavy (non-hydrogen) atoms. The predicted octanol–water partition coefficient (Wildman–Crippen LogP) is 4.49. The molecule has 0 bridgehead atoms. The van der Waals surface area contributed by atoms with Gasteiger partial charge in [0, 0.05) is 17.0 Å². The summed E-state index contributed by atoms with van der Waals surface area (Å²) < 4.78 is 6.71. The lowest BCUT2D eigenvalue weighted by atomic mass is 10.1. The van der Waals surface area contributed by atoms with Crippen LogP contribution in [0.2, 0.25) is 4.34 Å². The quantitative estimate of drug-likeness (QED) is 0.683. The van der Waals surface area contributed by atoms with E-state index < -0.39 is 0 Å². The van der Waals surface area contributed by atoms with Crippen LogP contribution in [0.15, 0.2) is 34.8 Å². The molecule has 1 aromatic heterocycles. The Kier molecular flexibility index (Phi) is 5.81. The van der Waals surface area contributed by atoms with E-state index in [0.717, 1.165) is 13.7 Å². The fraction of sp³-hybridized carbons (Fsp3) is 0.267. The topological polar surface area (TPSA) is 29.5 Å². The molecule has 0 aliphatic rings. The lowest BCUT2D eigenvalue weighted by Crippen LogP contribution is -2.25. The van der Waals surface area contributed by atoms with Crippen LogP contribution in [0.3, 0.4) is 0 Å². The van der Waals surface area contributed by atoms with E-state index >= 15 is 0 Å². The van der Waals surface area contributed by atoms with Gasteiger partial charge in [0.05, 0.1) is 22.5 Å². The second-order valence-corrected chi connectivity index (χ2v) is 7.30. The van der Waals surface area contributed by atoms with Crippen molar-refractivity contribution < 1.29 is 9.53 Å². The first-order chi connectivity index (χ1) is 9.99. The number of thiophene rings is 1. The molecule has 2 rings (SSSR count). The van der Waals surface area contributed by atoms with Crippen molar-refractivity contribution in [3.8, 4) is 5.75 Å². The molecule has 0 aliphatic heterocycles. The second kappa shape index (κ2) is 7.40. The van der Waals surface area contributed by atoms with Crippen LogP contribution in [0.1, 0.15) is 15.2 Å². The molecule has 0 saturated carbocycles. The number of hydrogen-bond acceptors (Lipinski definition) is 4. The minimum atomic E-state index is 0.0727. The van der Waals surface area contributed by atoms with E-state index in [1.54, 1.807) is 25.3 Å². The largest absolute Gasteiger partial charge is 0.496 e. The highest BCUT2D eigenvalue weighted by Crippen LogP contribution is 2.26. The molecule has 0 aliphatic carbocycles. The van der Waals surface area contributed by atoms with Gasteiger partial charge in [0.1, 0.15) is 5.75 Å². The van der Waals surface area contributed by atoms with E-state index in [4.69, 9.17) is 16.3 Å². The van der Waals surface area contributed by atoms with Crippen molar-refractivity contribution in [2.24, 2.45) is 0 Å². The first kappa shape index (κ1) is 16.5. The third-order valence-electron chi connectivity index (χ3n) is 2.94. The molecule has 0 unspecified atom stereocenters. The zero-order valence-electron chi connectivity index (χ0n) is 11.7. The van der Waals surface area contributed by atoms with Crippen molar-refractivity contribution >= 4 is 44.7 Å². The third kappa shape index (κ3) is 4.54. The van der Waals surface area contributed by atoms with Crippen LogP contribution in [-0.2, 0) is 6.54 Å². The van der Waals surface area contributed by atoms with Crippen molar-refractivity contribution in [3.63, 3.8) is 0 Å². The molecule has 1 heterocycles. The number of halogens is 2. The minimum Gasteiger partial charge on any atom is -0.496 e. The number of hydrogen-bond donors (Lipinski definition) is 0. The van der Waals surface area contributed by atoms with Gasteiger partial charge in [-0.3, -0.25) is 9.69 Å². The first-order valence-corrected chi connectivity index (χ1v) is 8.28. The standard InChI is InChI=1S/C15H15BrClNO2S/c1-18(8-11-4-6-15(17)21-11)9-13(19)10-3-5-14(20-2)12(16)7-10/h3-7H,8-9H2,1-2H3. The van der Waals surface area contributed by atoms with Crippen molar-refractivity contribution in [2.45, 2.75) is 6.54 Å². The SMILES string of the molecule is COc1ccc(C(=O)CN(C)Cc2ccc(Cl)s2)cc1Br. The van der Waals surface area contributed by atoms with Gasteiger partial charge < -0.3 is 4.74 Å². The summed E-state index contributed by atoms with van der Waals surface area (Å²) in [6.45, 7) is 1.06. The van der Waals surface area contributed by atoms with Crippen LogP contribution in [0, 0.1) is 0 Å². The average molecular weight is 389 g/mol. The molecular weight excluding hydrogens is 374 g/mol. The zero-order valence-corrected chi connectivity index (χ0v) is 14.9. The highest BCUT2D eigenvalue weighted by atomic mass is 79.9. The molecule has 0 spiro atoms. The van der Waals surface area contributed by atoms with Crippen LogP contribution in [0.5, 0.6) is 5.75 Å². The van der Waals surface area contributed by atoms with Crippen LogP contribution in [0.25, 0.3) is 0 Å². The van der Waals surface area contributed by atoms with Crippen molar-refractivity contribution in [1.29, 1.82) is 0 Å². The molecule has 0 radical (unpaired) electrons. The van der Waals surface area contributed by atoms with Gasteiger partial charge in [0.2, 0.25) is 0 Å². The summed E-state index contributed by atoms with van der Waals surface area (Å²) in [5, 5.41) is 0. The van der Waals surface area contributed by atoms with Crippen LogP contribution >= 0.6 is 38.9 Å². The number of rotatable bonds is 6. The Morgan fingerprint density at radius 3 is 2.71 bits per heavy atom. The van der Waals surface area contributed by atoms with Crippen molar-refractivity contribution in [1.82, 2.24) is 4.90 Å². The molecule has 2 aromatic rings. The Morgan fingerprint density at radius 1 is 1.38 bits per heavy atom. The Hall–Kier alpha value is -0.880. The number of carbonyl (C=O) groups excluding carboxylic acids is 1. The van der Waals surface area contributed by atoms with Gasteiger partial charge in [-0.1, -0.05) is 11.6 Å². The van der Waals surface area contributed by atoms with E-state index in [9.17, 15) is 4.79 Å². The van der Waals surface area contributed by atoms with Gasteiger partial charge in [-0.2, -0.15) is 0 Å². The van der Waals surface area contributed by atoms with Crippen LogP contribution in [0.4, 0.5) is 0 Å². The van der Waals surface area contributed by atoms with Gasteiger partial charge in [-0.25, -0.2) is 0 Å². The number of benzene rings is 1. The summed E-state index contributed by atoms with van der Waals surface area (Å²) in [4.78, 5) is 15.4. The van der Waals surface area contributed by atoms with Gasteiger partial charge >= 0.3 is 0 Å². The lowest BCUT2D eigenvalue weighted by Gasteiger charge is -2.15. The van der Waals surface area contributed by atoms with Crippen molar-refractivity contribution in [3.05, 3.63) is 49.6 Å². The van der Waals surface area contributed by atoms with Crippen LogP contribution in [-0.4, -0.2) is 31.4 Å². The van der Waals surface area contributed by atoms with Crippen LogP contribution < -0.4 is 4.74 Å². The summed E-state index contributed by atoms with van der Waals surface area (Å²) in [6, 6.07) is 9.21. The average Bonchev–Trinajstić information content (AvgIpc) is 2.83. The maximum Gasteiger partial charge on any atom is 0.176 e. The van der Waals surface area contributed by atoms with E-state index in [1.807, 2.05) is 24.1 Å². The Bertz CT molecular complexity index is 644. The van der Waals surface area contributed by atoms with E-state index in [1.165, 1.54) is 11.3 Å². The molecule has 0 amide bonds. The molecule has 0 N–H and O–H groups in total. The highest BCUT2D eigenvalue weighted by Gasteiger charge is 2.12. The van der Waals surface area contributed by atoms with Gasteiger partial charge in [0.25, 0.3) is 0 Å². The normalized spacial score (nSPS) is 10.9. The number of carbonyl (C=O) groups is 1. The summed E-state index contributed by atoms with van der Waals surface area (Å²) in [5.41, 5.74) is 0.665. The molecule has 1 aromatic carbocycles. The summed E-state index contributed by atoms with van der Waals surface area (Å²) in [7, 11) is 3.52. The number of methoxy groups -OCH3 is 1. The van der Waals surface area contributed by atoms with E-state index in [2.05, 4.69) is 15.9 Å². The molecule has 112 valence electrons. The summed E-state index contributed by atoms with van der Waals surface area (Å²) in [6.07, 6.45) is 0. The van der Waals surface area contributed by atoms with Gasteiger partial charge in [0.15, 0.2) is 5.78 Å². The third-order valence-corrected chi connectivity index (χ3v) is 4.78. The van der Waals surface area contributed by atoms with E-state index in [0.29, 0.717) is 24.4 Å². The van der Waals surface area contributed by atoms with E-state index in [-0.39, 0.29) is 5.78 Å². The predicted molar refractivity (Wildman–Crippen MR) is 90.7 cm³/mol. The zero-order chi connectivity index (χ0) is 15.4. The number of ketones is 1. The van der Waals surface area contributed by atoms with Gasteiger partial charge in [-0.15, -0.1) is 11.3 Å². The maximum absolute atomic E-state index is 12.3. The number of Topliss-reactive ketones (excluding diaryl/α,β-unsaturated/α-hetero) is 1. The Morgan fingerprint density at radius 2 is 2.14 bits per heavy atom. The Labute approximate surface area is 141 Å². The lowest BCUT2D eigenvalue weighted by molar-refractivity contribution is 0.0943. The number of likely N-dealkylation sites (N-methyl/N-ethyl adjacent to an activating group) is 1. The molecule has 3 nitrogen and oxygen atoms in total. The van der Waals surface area contributed by atoms with Gasteiger partial charge in [-0.05, 0) is 53.3 Å². The summed E-state index contributed by atoms with van der Waals surface area (Å²) in [5.74, 6) is 0.789. The molecule has 0 atom stereocenters. The number of ether oxygens (including phenoxy) is 1. The molecule has 0 saturated heterocycles. The molecule has 0 fully saturated rings.